The minimum absolute atomic E-state index is 0.0406. The maximum Gasteiger partial charge on any atom is 0.0373 e. The second-order valence-electron chi connectivity index (χ2n) is 21.9. The molecule has 0 N–H and O–H groups in total. The Hall–Kier alpha value is -2.64. The van der Waals surface area contributed by atoms with Crippen molar-refractivity contribution in [3.05, 3.63) is 119 Å². The fourth-order valence-corrected chi connectivity index (χ4v) is 17.6. The van der Waals surface area contributed by atoms with Crippen LogP contribution in [0.25, 0.3) is 0 Å². The van der Waals surface area contributed by atoms with Crippen LogP contribution in [0, 0.1) is 58.2 Å². The molecule has 2 saturated carbocycles. The fraction of sp³-hybridized carbons (Fsp3) is 0.655. The van der Waals surface area contributed by atoms with E-state index in [0.717, 1.165) is 29.7 Å². The van der Waals surface area contributed by atoms with E-state index in [1.54, 1.807) is 22.3 Å². The molecule has 59 heavy (non-hydrogen) atoms. The number of allylic oxidation sites excluding steroid dienone is 16. The molecule has 2 spiro atoms. The van der Waals surface area contributed by atoms with Crippen molar-refractivity contribution in [3.63, 3.8) is 0 Å². The maximum absolute atomic E-state index is 5.51. The molecule has 10 aliphatic carbocycles. The van der Waals surface area contributed by atoms with E-state index in [1.165, 1.54) is 154 Å². The van der Waals surface area contributed by atoms with Gasteiger partial charge in [0.05, 0.1) is 0 Å². The molecule has 11 atom stereocenters. The van der Waals surface area contributed by atoms with Gasteiger partial charge in [-0.15, -0.1) is 0 Å². The van der Waals surface area contributed by atoms with Crippen LogP contribution in [0.5, 0.6) is 0 Å². The lowest BCUT2D eigenvalue weighted by Gasteiger charge is -2.58. The standard InChI is InChI=1S/C58H77N/c1-4-5-31-55-40(3)44-20-10-17-32-56(44)59(55)43-35-33-41(34-36-43)42-19-18-37-57(49-25-11-6-21-45(49)46-22-7-12-26-50(46)57)53-29-15-16-30-54(53)58(39(2)38-42)51-27-13-8-23-47(51)48-24-9-14-28-52(48)58/h6-8,11,15-17,22-23,28,32,41-45,48-49,53-56H,2-5,9-10,12-14,18-21,24-27,29-31,33-38H2,1H3/t41?,42?,43?,44?,45?,48?,49?,53?,54-,55?,56?,57?,58?/m0/s1. The van der Waals surface area contributed by atoms with E-state index in [9.17, 15) is 0 Å². The zero-order valence-corrected chi connectivity index (χ0v) is 37.0. The molecule has 1 nitrogen and oxygen atoms in total. The Labute approximate surface area is 359 Å². The number of hydrogen-bond acceptors (Lipinski definition) is 1. The largest absolute Gasteiger partial charge is 0.287 e. The van der Waals surface area contributed by atoms with Crippen LogP contribution in [0.1, 0.15) is 161 Å². The molecule has 0 aromatic rings. The number of unbranched alkanes of at least 4 members (excludes halogenated alkanes) is 1. The third-order valence-corrected chi connectivity index (χ3v) is 19.8. The minimum atomic E-state index is 0.0406. The topological polar surface area (TPSA) is 3.24 Å². The highest BCUT2D eigenvalue weighted by atomic mass is 15.2. The highest BCUT2D eigenvalue weighted by Gasteiger charge is 2.64. The van der Waals surface area contributed by atoms with E-state index in [-0.39, 0.29) is 5.41 Å². The summed E-state index contributed by atoms with van der Waals surface area (Å²) in [7, 11) is 0. The summed E-state index contributed by atoms with van der Waals surface area (Å²) < 4.78 is 0. The van der Waals surface area contributed by atoms with E-state index < -0.39 is 0 Å². The Balaban J connectivity index is 0.982. The quantitative estimate of drug-likeness (QED) is 0.251. The predicted molar refractivity (Wildman–Crippen MR) is 249 cm³/mol. The normalized spacial score (nSPS) is 44.1. The first-order valence-corrected chi connectivity index (χ1v) is 25.7. The highest BCUT2D eigenvalue weighted by Crippen LogP contribution is 2.73. The smallest absolute Gasteiger partial charge is 0.0373 e. The first-order valence-electron chi connectivity index (χ1n) is 25.7. The van der Waals surface area contributed by atoms with Crippen molar-refractivity contribution in [2.45, 2.75) is 179 Å². The third-order valence-electron chi connectivity index (χ3n) is 19.8. The van der Waals surface area contributed by atoms with Crippen LogP contribution in [0.15, 0.2) is 119 Å². The molecule has 314 valence electrons. The summed E-state index contributed by atoms with van der Waals surface area (Å²) in [6.07, 6.45) is 60.6. The van der Waals surface area contributed by atoms with Crippen molar-refractivity contribution >= 4 is 0 Å². The molecule has 1 heteroatoms. The molecule has 10 unspecified atom stereocenters. The number of fused-ring (bicyclic) bond motifs is 12. The molecular weight excluding hydrogens is 711 g/mol. The molecule has 0 amide bonds. The zero-order valence-electron chi connectivity index (χ0n) is 37.0. The highest BCUT2D eigenvalue weighted by molar-refractivity contribution is 5.59. The van der Waals surface area contributed by atoms with Gasteiger partial charge in [0.1, 0.15) is 0 Å². The lowest BCUT2D eigenvalue weighted by molar-refractivity contribution is 0.00773. The lowest BCUT2D eigenvalue weighted by atomic mass is 9.46. The van der Waals surface area contributed by atoms with Gasteiger partial charge in [0.2, 0.25) is 0 Å². The Bertz CT molecular complexity index is 1930. The van der Waals surface area contributed by atoms with Crippen molar-refractivity contribution in [1.82, 2.24) is 4.90 Å². The van der Waals surface area contributed by atoms with Crippen LogP contribution in [0.2, 0.25) is 0 Å². The zero-order chi connectivity index (χ0) is 39.7. The lowest BCUT2D eigenvalue weighted by Crippen LogP contribution is -2.50. The van der Waals surface area contributed by atoms with E-state index in [0.29, 0.717) is 41.2 Å². The molecule has 0 aromatic carbocycles. The molecule has 11 rings (SSSR count). The second-order valence-corrected chi connectivity index (χ2v) is 21.9. The third kappa shape index (κ3) is 5.98. The van der Waals surface area contributed by atoms with Crippen LogP contribution in [0.3, 0.4) is 0 Å². The molecule has 1 heterocycles. The van der Waals surface area contributed by atoms with Gasteiger partial charge in [-0.1, -0.05) is 134 Å². The van der Waals surface area contributed by atoms with Gasteiger partial charge in [-0.05, 0) is 187 Å². The average Bonchev–Trinajstić information content (AvgIpc) is 3.87. The monoisotopic (exact) mass is 788 g/mol. The molecule has 0 aromatic heterocycles. The van der Waals surface area contributed by atoms with Gasteiger partial charge in [0.15, 0.2) is 0 Å². The van der Waals surface area contributed by atoms with Gasteiger partial charge in [0.25, 0.3) is 0 Å². The molecule has 0 radical (unpaired) electrons. The van der Waals surface area contributed by atoms with Gasteiger partial charge >= 0.3 is 0 Å². The summed E-state index contributed by atoms with van der Waals surface area (Å²) in [5.74, 6) is 5.72. The van der Waals surface area contributed by atoms with Gasteiger partial charge in [-0.25, -0.2) is 0 Å². The molecule has 0 bridgehead atoms. The first-order chi connectivity index (χ1) is 29.1. The molecule has 1 saturated heterocycles. The van der Waals surface area contributed by atoms with Gasteiger partial charge in [0, 0.05) is 35.4 Å². The van der Waals surface area contributed by atoms with E-state index >= 15 is 0 Å². The molecule has 11 aliphatic rings. The summed E-state index contributed by atoms with van der Waals surface area (Å²) in [6.45, 7) is 12.7. The SMILES string of the molecule is C=C1C2CCC=CC2N(C2CCC(C3CCCC4(C5=C(C=CCC5)C5CC=CCC54)C4CC=CC[C@@H]4C4(C(=C)C3)C3=CCCCC3C3=C4CCC=C3)CC2)C1CCCC. The van der Waals surface area contributed by atoms with Crippen LogP contribution in [-0.2, 0) is 0 Å². The Morgan fingerprint density at radius 1 is 0.678 bits per heavy atom. The van der Waals surface area contributed by atoms with Gasteiger partial charge < -0.3 is 0 Å². The van der Waals surface area contributed by atoms with Crippen LogP contribution in [-0.4, -0.2) is 23.0 Å². The maximum atomic E-state index is 5.51. The van der Waals surface area contributed by atoms with Crippen LogP contribution >= 0.6 is 0 Å². The Morgan fingerprint density at radius 3 is 2.27 bits per heavy atom. The second kappa shape index (κ2) is 15.9. The van der Waals surface area contributed by atoms with E-state index in [1.807, 2.05) is 16.7 Å². The van der Waals surface area contributed by atoms with Crippen molar-refractivity contribution < 1.29 is 0 Å². The average molecular weight is 788 g/mol. The Kier molecular flexibility index (Phi) is 10.6. The number of nitrogens with zero attached hydrogens (tertiary/aromatic N) is 1. The van der Waals surface area contributed by atoms with Gasteiger partial charge in [-0.3, -0.25) is 4.90 Å². The summed E-state index contributed by atoms with van der Waals surface area (Å²) in [5.41, 5.74) is 12.8. The summed E-state index contributed by atoms with van der Waals surface area (Å²) in [6, 6.07) is 1.92. The van der Waals surface area contributed by atoms with Crippen LogP contribution < -0.4 is 0 Å². The predicted octanol–water partition coefficient (Wildman–Crippen LogP) is 15.2. The van der Waals surface area contributed by atoms with E-state index in [4.69, 9.17) is 13.2 Å². The minimum Gasteiger partial charge on any atom is -0.287 e. The molecule has 1 aliphatic heterocycles. The summed E-state index contributed by atoms with van der Waals surface area (Å²) in [4.78, 5) is 3.05. The Morgan fingerprint density at radius 2 is 1.44 bits per heavy atom. The summed E-state index contributed by atoms with van der Waals surface area (Å²) in [5, 5.41) is 0. The number of hydrogen-bond donors (Lipinski definition) is 0. The van der Waals surface area contributed by atoms with Crippen molar-refractivity contribution in [3.8, 4) is 0 Å². The first kappa shape index (κ1) is 39.2. The van der Waals surface area contributed by atoms with Crippen molar-refractivity contribution in [2.75, 3.05) is 0 Å². The fourth-order valence-electron chi connectivity index (χ4n) is 17.6. The summed E-state index contributed by atoms with van der Waals surface area (Å²) >= 11 is 0. The molecule has 3 fully saturated rings. The van der Waals surface area contributed by atoms with Gasteiger partial charge in [-0.2, -0.15) is 0 Å². The van der Waals surface area contributed by atoms with E-state index in [2.05, 4.69) is 78.7 Å². The van der Waals surface area contributed by atoms with Crippen molar-refractivity contribution in [2.24, 2.45) is 58.2 Å². The number of likely N-dealkylation sites (tertiary alicyclic amines) is 1. The van der Waals surface area contributed by atoms with Crippen LogP contribution in [0.4, 0.5) is 0 Å². The number of rotatable bonds is 5. The van der Waals surface area contributed by atoms with Crippen molar-refractivity contribution in [1.29, 1.82) is 0 Å². The molecular formula is C58H77N.